The third-order valence-corrected chi connectivity index (χ3v) is 2.06. The van der Waals surface area contributed by atoms with E-state index in [-0.39, 0.29) is 6.61 Å². The van der Waals surface area contributed by atoms with E-state index in [1.807, 2.05) is 13.0 Å². The van der Waals surface area contributed by atoms with Crippen molar-refractivity contribution in [3.8, 4) is 5.75 Å². The van der Waals surface area contributed by atoms with Gasteiger partial charge in [0.05, 0.1) is 6.10 Å². The Hall–Kier alpha value is -0.990. The van der Waals surface area contributed by atoms with Crippen LogP contribution in [0.5, 0.6) is 5.75 Å². The molecule has 0 saturated carbocycles. The van der Waals surface area contributed by atoms with Crippen molar-refractivity contribution in [2.75, 3.05) is 6.61 Å². The zero-order chi connectivity index (χ0) is 11.3. The van der Waals surface area contributed by atoms with E-state index in [0.717, 1.165) is 5.57 Å². The highest BCUT2D eigenvalue weighted by atomic mass is 35.5. The Morgan fingerprint density at radius 2 is 2.33 bits per heavy atom. The molecule has 0 saturated heterocycles. The molecule has 0 aromatic heterocycles. The van der Waals surface area contributed by atoms with Crippen molar-refractivity contribution in [3.63, 3.8) is 0 Å². The summed E-state index contributed by atoms with van der Waals surface area (Å²) >= 11 is 5.79. The van der Waals surface area contributed by atoms with E-state index in [2.05, 4.69) is 6.58 Å². The minimum atomic E-state index is -0.513. The first kappa shape index (κ1) is 12.1. The van der Waals surface area contributed by atoms with Crippen LogP contribution >= 0.6 is 11.6 Å². The second kappa shape index (κ2) is 5.79. The zero-order valence-corrected chi connectivity index (χ0v) is 9.50. The van der Waals surface area contributed by atoms with Crippen molar-refractivity contribution < 1.29 is 9.84 Å². The molecule has 1 aromatic rings. The van der Waals surface area contributed by atoms with Gasteiger partial charge in [0.2, 0.25) is 0 Å². The number of rotatable bonds is 5. The largest absolute Gasteiger partial charge is 0.491 e. The molecule has 82 valence electrons. The molecule has 1 rings (SSSR count). The van der Waals surface area contributed by atoms with Crippen LogP contribution in [0.25, 0.3) is 0 Å². The molecule has 0 spiro atoms. The van der Waals surface area contributed by atoms with Gasteiger partial charge in [-0.2, -0.15) is 0 Å². The van der Waals surface area contributed by atoms with Gasteiger partial charge in [0.1, 0.15) is 12.4 Å². The molecule has 1 aromatic carbocycles. The molecule has 15 heavy (non-hydrogen) atoms. The van der Waals surface area contributed by atoms with Crippen molar-refractivity contribution in [1.29, 1.82) is 0 Å². The van der Waals surface area contributed by atoms with Gasteiger partial charge in [-0.25, -0.2) is 0 Å². The molecule has 0 aliphatic heterocycles. The molecule has 0 fully saturated rings. The molecule has 1 unspecified atom stereocenters. The summed E-state index contributed by atoms with van der Waals surface area (Å²) in [5.74, 6) is 0.670. The van der Waals surface area contributed by atoms with Crippen LogP contribution in [-0.4, -0.2) is 17.8 Å². The normalized spacial score (nSPS) is 12.2. The average Bonchev–Trinajstić information content (AvgIpc) is 2.14. The van der Waals surface area contributed by atoms with E-state index >= 15 is 0 Å². The van der Waals surface area contributed by atoms with Gasteiger partial charge < -0.3 is 9.84 Å². The molecule has 0 aliphatic rings. The van der Waals surface area contributed by atoms with E-state index in [1.54, 1.807) is 18.2 Å². The molecular weight excluding hydrogens is 212 g/mol. The van der Waals surface area contributed by atoms with Crippen LogP contribution in [-0.2, 0) is 0 Å². The maximum absolute atomic E-state index is 9.53. The smallest absolute Gasteiger partial charge is 0.120 e. The summed E-state index contributed by atoms with van der Waals surface area (Å²) in [7, 11) is 0. The minimum Gasteiger partial charge on any atom is -0.491 e. The first-order valence-electron chi connectivity index (χ1n) is 4.78. The molecule has 0 radical (unpaired) electrons. The SMILES string of the molecule is C=C(C)CC(O)COc1cccc(Cl)c1. The average molecular weight is 227 g/mol. The topological polar surface area (TPSA) is 29.5 Å². The van der Waals surface area contributed by atoms with Crippen molar-refractivity contribution >= 4 is 11.6 Å². The first-order chi connectivity index (χ1) is 7.08. The van der Waals surface area contributed by atoms with Crippen molar-refractivity contribution in [3.05, 3.63) is 41.4 Å². The monoisotopic (exact) mass is 226 g/mol. The van der Waals surface area contributed by atoms with E-state index in [1.165, 1.54) is 0 Å². The van der Waals surface area contributed by atoms with E-state index < -0.39 is 6.10 Å². The van der Waals surface area contributed by atoms with Crippen molar-refractivity contribution in [1.82, 2.24) is 0 Å². The molecule has 3 heteroatoms. The quantitative estimate of drug-likeness (QED) is 0.782. The molecule has 0 heterocycles. The summed E-state index contributed by atoms with van der Waals surface area (Å²) in [5, 5.41) is 10.2. The van der Waals surface area contributed by atoms with Crippen LogP contribution < -0.4 is 4.74 Å². The lowest BCUT2D eigenvalue weighted by molar-refractivity contribution is 0.108. The molecule has 1 N–H and O–H groups in total. The summed E-state index contributed by atoms with van der Waals surface area (Å²) in [6.07, 6.45) is 0.0436. The third-order valence-electron chi connectivity index (χ3n) is 1.82. The number of benzene rings is 1. The summed E-state index contributed by atoms with van der Waals surface area (Å²) < 4.78 is 5.37. The van der Waals surface area contributed by atoms with Crippen LogP contribution in [0, 0.1) is 0 Å². The molecule has 0 bridgehead atoms. The Morgan fingerprint density at radius 1 is 1.60 bits per heavy atom. The van der Waals surface area contributed by atoms with Gasteiger partial charge in [0, 0.05) is 5.02 Å². The Morgan fingerprint density at radius 3 is 2.93 bits per heavy atom. The maximum atomic E-state index is 9.53. The molecule has 2 nitrogen and oxygen atoms in total. The summed E-state index contributed by atoms with van der Waals surface area (Å²) in [5.41, 5.74) is 0.942. The number of aliphatic hydroxyl groups is 1. The predicted octanol–water partition coefficient (Wildman–Crippen LogP) is 3.05. The second-order valence-corrected chi connectivity index (χ2v) is 4.02. The van der Waals surface area contributed by atoms with Crippen LogP contribution in [0.15, 0.2) is 36.4 Å². The Balaban J connectivity index is 2.40. The lowest BCUT2D eigenvalue weighted by atomic mass is 10.1. The van der Waals surface area contributed by atoms with E-state index in [0.29, 0.717) is 17.2 Å². The summed E-state index contributed by atoms with van der Waals surface area (Å²) in [6.45, 7) is 5.86. The number of hydrogen-bond acceptors (Lipinski definition) is 2. The highest BCUT2D eigenvalue weighted by molar-refractivity contribution is 6.30. The number of halogens is 1. The van der Waals surface area contributed by atoms with Crippen LogP contribution in [0.1, 0.15) is 13.3 Å². The Labute approximate surface area is 95.1 Å². The predicted molar refractivity (Wildman–Crippen MR) is 62.4 cm³/mol. The number of aliphatic hydroxyl groups excluding tert-OH is 1. The fourth-order valence-electron chi connectivity index (χ4n) is 1.21. The van der Waals surface area contributed by atoms with Crippen LogP contribution in [0.3, 0.4) is 0 Å². The van der Waals surface area contributed by atoms with E-state index in [9.17, 15) is 5.11 Å². The molecule has 0 aliphatic carbocycles. The second-order valence-electron chi connectivity index (χ2n) is 3.58. The van der Waals surface area contributed by atoms with Crippen LogP contribution in [0.4, 0.5) is 0 Å². The van der Waals surface area contributed by atoms with Crippen molar-refractivity contribution in [2.24, 2.45) is 0 Å². The number of ether oxygens (including phenoxy) is 1. The molecular formula is C12H15ClO2. The Kier molecular flexibility index (Phi) is 4.66. The van der Waals surface area contributed by atoms with Gasteiger partial charge in [0.15, 0.2) is 0 Å². The fraction of sp³-hybridized carbons (Fsp3) is 0.333. The van der Waals surface area contributed by atoms with Gasteiger partial charge in [-0.1, -0.05) is 23.2 Å². The summed E-state index contributed by atoms with van der Waals surface area (Å²) in [6, 6.07) is 7.11. The van der Waals surface area contributed by atoms with Crippen molar-refractivity contribution in [2.45, 2.75) is 19.4 Å². The van der Waals surface area contributed by atoms with Gasteiger partial charge in [0.25, 0.3) is 0 Å². The summed E-state index contributed by atoms with van der Waals surface area (Å²) in [4.78, 5) is 0. The van der Waals surface area contributed by atoms with Gasteiger partial charge in [-0.05, 0) is 31.5 Å². The first-order valence-corrected chi connectivity index (χ1v) is 5.16. The highest BCUT2D eigenvalue weighted by Gasteiger charge is 2.05. The van der Waals surface area contributed by atoms with Gasteiger partial charge in [-0.3, -0.25) is 0 Å². The lowest BCUT2D eigenvalue weighted by Crippen LogP contribution is -2.17. The van der Waals surface area contributed by atoms with Crippen LogP contribution in [0.2, 0.25) is 5.02 Å². The fourth-order valence-corrected chi connectivity index (χ4v) is 1.39. The molecule has 1 atom stereocenters. The van der Waals surface area contributed by atoms with Gasteiger partial charge in [-0.15, -0.1) is 6.58 Å². The zero-order valence-electron chi connectivity index (χ0n) is 8.74. The number of hydrogen-bond donors (Lipinski definition) is 1. The Bertz CT molecular complexity index is 336. The van der Waals surface area contributed by atoms with E-state index in [4.69, 9.17) is 16.3 Å². The van der Waals surface area contributed by atoms with Gasteiger partial charge >= 0.3 is 0 Å². The molecule has 0 amide bonds. The maximum Gasteiger partial charge on any atom is 0.120 e. The minimum absolute atomic E-state index is 0.257. The lowest BCUT2D eigenvalue weighted by Gasteiger charge is -2.12. The highest BCUT2D eigenvalue weighted by Crippen LogP contribution is 2.17. The third kappa shape index (κ3) is 4.86. The standard InChI is InChI=1S/C12H15ClO2/c1-9(2)6-11(14)8-15-12-5-3-4-10(13)7-12/h3-5,7,11,14H,1,6,8H2,2H3.